The third-order valence-electron chi connectivity index (χ3n) is 7.13. The van der Waals surface area contributed by atoms with Crippen molar-refractivity contribution in [2.45, 2.75) is 32.1 Å². The van der Waals surface area contributed by atoms with Crippen LogP contribution in [-0.2, 0) is 23.1 Å². The van der Waals surface area contributed by atoms with E-state index in [2.05, 4.69) is 10.4 Å². The molecule has 0 saturated carbocycles. The number of rotatable bonds is 9. The maximum absolute atomic E-state index is 13.3. The second-order valence-electron chi connectivity index (χ2n) is 10.1. The van der Waals surface area contributed by atoms with E-state index in [1.54, 1.807) is 21.8 Å². The largest absolute Gasteiger partial charge is 0.481 e. The molecule has 1 atom stereocenters. The SMILES string of the molecule is Cn1cc(-c2cccc(C(=O)Nc3nc(CCCC(=O)N4CCCC(C(=O)O)C4)cn3-c3ccccc3)c2)cn1. The van der Waals surface area contributed by atoms with Crippen molar-refractivity contribution in [3.05, 3.63) is 84.4 Å². The fourth-order valence-electron chi connectivity index (χ4n) is 4.99. The van der Waals surface area contributed by atoms with E-state index in [1.165, 1.54) is 0 Å². The molecule has 2 aromatic heterocycles. The number of aliphatic carboxylic acids is 1. The van der Waals surface area contributed by atoms with Gasteiger partial charge in [-0.2, -0.15) is 5.10 Å². The second-order valence-corrected chi connectivity index (χ2v) is 10.1. The van der Waals surface area contributed by atoms with E-state index >= 15 is 0 Å². The Morgan fingerprint density at radius 2 is 1.88 bits per heavy atom. The molecule has 0 spiro atoms. The minimum atomic E-state index is -0.845. The number of anilines is 1. The van der Waals surface area contributed by atoms with Gasteiger partial charge in [0.1, 0.15) is 0 Å². The lowest BCUT2D eigenvalue weighted by atomic mass is 9.98. The van der Waals surface area contributed by atoms with Crippen LogP contribution in [0.3, 0.4) is 0 Å². The molecule has 40 heavy (non-hydrogen) atoms. The molecule has 1 aliphatic rings. The molecule has 2 aromatic carbocycles. The third kappa shape index (κ3) is 6.28. The molecule has 206 valence electrons. The number of aryl methyl sites for hydroxylation is 2. The Labute approximate surface area is 232 Å². The van der Waals surface area contributed by atoms with Crippen molar-refractivity contribution in [1.82, 2.24) is 24.2 Å². The first-order valence-electron chi connectivity index (χ1n) is 13.4. The lowest BCUT2D eigenvalue weighted by Gasteiger charge is -2.30. The molecular weight excluding hydrogens is 508 g/mol. The van der Waals surface area contributed by atoms with Crippen LogP contribution in [0.5, 0.6) is 0 Å². The maximum Gasteiger partial charge on any atom is 0.308 e. The van der Waals surface area contributed by atoms with Crippen LogP contribution in [-0.4, -0.2) is 60.2 Å². The number of hydrogen-bond donors (Lipinski definition) is 2. The van der Waals surface area contributed by atoms with Gasteiger partial charge in [0, 0.05) is 55.8 Å². The minimum absolute atomic E-state index is 0.0320. The van der Waals surface area contributed by atoms with Crippen molar-refractivity contribution in [2.75, 3.05) is 18.4 Å². The molecule has 10 heteroatoms. The molecule has 1 aliphatic heterocycles. The van der Waals surface area contributed by atoms with Crippen LogP contribution < -0.4 is 5.32 Å². The molecule has 1 unspecified atom stereocenters. The number of nitrogens with zero attached hydrogens (tertiary/aromatic N) is 5. The number of carboxylic acids is 1. The second kappa shape index (κ2) is 12.0. The summed E-state index contributed by atoms with van der Waals surface area (Å²) in [6.45, 7) is 0.873. The van der Waals surface area contributed by atoms with Gasteiger partial charge in [-0.15, -0.1) is 0 Å². The Morgan fingerprint density at radius 3 is 2.62 bits per heavy atom. The van der Waals surface area contributed by atoms with E-state index in [-0.39, 0.29) is 18.4 Å². The van der Waals surface area contributed by atoms with Gasteiger partial charge in [-0.3, -0.25) is 28.9 Å². The van der Waals surface area contributed by atoms with E-state index in [0.717, 1.165) is 22.5 Å². The smallest absolute Gasteiger partial charge is 0.308 e. The van der Waals surface area contributed by atoms with E-state index in [9.17, 15) is 19.5 Å². The number of imidazole rings is 1. The monoisotopic (exact) mass is 540 g/mol. The van der Waals surface area contributed by atoms with Gasteiger partial charge in [-0.05, 0) is 55.5 Å². The van der Waals surface area contributed by atoms with Crippen molar-refractivity contribution >= 4 is 23.7 Å². The van der Waals surface area contributed by atoms with Gasteiger partial charge in [0.05, 0.1) is 17.8 Å². The zero-order valence-electron chi connectivity index (χ0n) is 22.4. The average Bonchev–Trinajstić information content (AvgIpc) is 3.59. The highest BCUT2D eigenvalue weighted by molar-refractivity contribution is 6.04. The summed E-state index contributed by atoms with van der Waals surface area (Å²) in [6.07, 6.45) is 8.27. The molecule has 2 N–H and O–H groups in total. The number of carboxylic acid groups (broad SMARTS) is 1. The molecule has 0 radical (unpaired) electrons. The van der Waals surface area contributed by atoms with E-state index < -0.39 is 11.9 Å². The number of hydrogen-bond acceptors (Lipinski definition) is 5. The van der Waals surface area contributed by atoms with Crippen LogP contribution in [0.25, 0.3) is 16.8 Å². The Morgan fingerprint density at radius 1 is 1.05 bits per heavy atom. The number of para-hydroxylation sites is 1. The molecule has 1 saturated heterocycles. The molecule has 10 nitrogen and oxygen atoms in total. The van der Waals surface area contributed by atoms with Gasteiger partial charge in [0.2, 0.25) is 11.9 Å². The number of likely N-dealkylation sites (tertiary alicyclic amines) is 1. The summed E-state index contributed by atoms with van der Waals surface area (Å²) < 4.78 is 3.55. The molecule has 0 bridgehead atoms. The topological polar surface area (TPSA) is 122 Å². The first-order chi connectivity index (χ1) is 19.4. The molecule has 5 rings (SSSR count). The summed E-state index contributed by atoms with van der Waals surface area (Å²) in [7, 11) is 1.85. The number of carbonyl (C=O) groups excluding carboxylic acids is 2. The summed E-state index contributed by atoms with van der Waals surface area (Å²) in [6, 6.07) is 17.0. The quantitative estimate of drug-likeness (QED) is 0.329. The normalized spacial score (nSPS) is 15.1. The summed E-state index contributed by atoms with van der Waals surface area (Å²) in [5.74, 6) is -1.26. The number of nitrogens with one attached hydrogen (secondary N) is 1. The summed E-state index contributed by atoms with van der Waals surface area (Å²) in [5, 5.41) is 16.5. The van der Waals surface area contributed by atoms with Crippen LogP contribution in [0.1, 0.15) is 41.7 Å². The van der Waals surface area contributed by atoms with Crippen LogP contribution in [0.2, 0.25) is 0 Å². The summed E-state index contributed by atoms with van der Waals surface area (Å²) >= 11 is 0. The number of amides is 2. The summed E-state index contributed by atoms with van der Waals surface area (Å²) in [4.78, 5) is 43.7. The number of piperidine rings is 1. The molecule has 1 fully saturated rings. The fraction of sp³-hybridized carbons (Fsp3) is 0.300. The van der Waals surface area contributed by atoms with Crippen LogP contribution >= 0.6 is 0 Å². The maximum atomic E-state index is 13.3. The highest BCUT2D eigenvalue weighted by Gasteiger charge is 2.27. The Hall–Kier alpha value is -4.73. The zero-order valence-corrected chi connectivity index (χ0v) is 22.4. The molecule has 0 aliphatic carbocycles. The zero-order chi connectivity index (χ0) is 28.1. The highest BCUT2D eigenvalue weighted by atomic mass is 16.4. The predicted molar refractivity (Wildman–Crippen MR) is 150 cm³/mol. The van der Waals surface area contributed by atoms with Crippen molar-refractivity contribution in [2.24, 2.45) is 13.0 Å². The van der Waals surface area contributed by atoms with E-state index in [1.807, 2.05) is 72.5 Å². The lowest BCUT2D eigenvalue weighted by Crippen LogP contribution is -2.42. The molecule has 4 aromatic rings. The standard InChI is InChI=1S/C30H32N6O4/c1-34-18-24(17-31-34)21-8-5-9-22(16-21)28(38)33-30-32-25(20-36(30)26-12-3-2-4-13-26)11-6-14-27(37)35-15-7-10-23(19-35)29(39)40/h2-5,8-9,12-13,16-18,20,23H,6-7,10-11,14-15,19H2,1H3,(H,39,40)(H,32,33,38). The Bertz CT molecular complexity index is 1510. The average molecular weight is 541 g/mol. The predicted octanol–water partition coefficient (Wildman–Crippen LogP) is 4.17. The summed E-state index contributed by atoms with van der Waals surface area (Å²) in [5.41, 5.74) is 3.91. The highest BCUT2D eigenvalue weighted by Crippen LogP contribution is 2.23. The van der Waals surface area contributed by atoms with Gasteiger partial charge >= 0.3 is 5.97 Å². The van der Waals surface area contributed by atoms with Crippen molar-refractivity contribution in [1.29, 1.82) is 0 Å². The van der Waals surface area contributed by atoms with Gasteiger partial charge in [0.25, 0.3) is 5.91 Å². The fourth-order valence-corrected chi connectivity index (χ4v) is 4.99. The van der Waals surface area contributed by atoms with Crippen molar-refractivity contribution < 1.29 is 19.5 Å². The van der Waals surface area contributed by atoms with Crippen LogP contribution in [0, 0.1) is 5.92 Å². The van der Waals surface area contributed by atoms with Crippen molar-refractivity contribution in [3.8, 4) is 16.8 Å². The number of carbonyl (C=O) groups is 3. The van der Waals surface area contributed by atoms with E-state index in [0.29, 0.717) is 50.2 Å². The lowest BCUT2D eigenvalue weighted by molar-refractivity contribution is -0.145. The van der Waals surface area contributed by atoms with Crippen LogP contribution in [0.4, 0.5) is 5.95 Å². The Kier molecular flexibility index (Phi) is 8.04. The Balaban J connectivity index is 1.28. The molecule has 3 heterocycles. The van der Waals surface area contributed by atoms with Gasteiger partial charge in [-0.25, -0.2) is 4.98 Å². The van der Waals surface area contributed by atoms with Crippen molar-refractivity contribution in [3.63, 3.8) is 0 Å². The van der Waals surface area contributed by atoms with Gasteiger partial charge < -0.3 is 10.0 Å². The van der Waals surface area contributed by atoms with Crippen LogP contribution in [0.15, 0.2) is 73.2 Å². The van der Waals surface area contributed by atoms with E-state index in [4.69, 9.17) is 4.98 Å². The first kappa shape index (κ1) is 26.9. The van der Waals surface area contributed by atoms with Gasteiger partial charge in [0.15, 0.2) is 0 Å². The third-order valence-corrected chi connectivity index (χ3v) is 7.13. The molecular formula is C30H32N6O4. The number of benzene rings is 2. The molecule has 2 amide bonds. The van der Waals surface area contributed by atoms with Gasteiger partial charge in [-0.1, -0.05) is 30.3 Å². The minimum Gasteiger partial charge on any atom is -0.481 e. The first-order valence-corrected chi connectivity index (χ1v) is 13.4. The number of aromatic nitrogens is 4.